The summed E-state index contributed by atoms with van der Waals surface area (Å²) in [6.45, 7) is 6.88. The standard InChI is InChI=1S/C33H35F3N6O2S/c1-4-25-7-5-6-8-29(25)42-23(3)17-18-45-32(42)39-31(43)37-20-22(2)19-24-9-11-26(12-10-24)30-38-21-41(40-30)27-13-15-28(16-14-27)44-33(34,35)36/h5-16,21-23H,4,17-20H2,1-3H3,(H,37,43). The first-order valence-corrected chi connectivity index (χ1v) is 15.8. The number of carbonyl (C=O) groups is 1. The smallest absolute Gasteiger partial charge is 0.406 e. The van der Waals surface area contributed by atoms with Crippen molar-refractivity contribution < 1.29 is 22.7 Å². The van der Waals surface area contributed by atoms with Crippen molar-refractivity contribution in [2.24, 2.45) is 10.9 Å². The molecule has 0 spiro atoms. The second-order valence-corrected chi connectivity index (χ2v) is 12.0. The van der Waals surface area contributed by atoms with Gasteiger partial charge in [0.05, 0.1) is 5.69 Å². The van der Waals surface area contributed by atoms with E-state index < -0.39 is 6.36 Å². The lowest BCUT2D eigenvalue weighted by atomic mass is 10.00. The quantitative estimate of drug-likeness (QED) is 0.203. The van der Waals surface area contributed by atoms with E-state index in [0.717, 1.165) is 47.0 Å². The summed E-state index contributed by atoms with van der Waals surface area (Å²) in [6, 6.07) is 21.5. The zero-order valence-corrected chi connectivity index (χ0v) is 26.1. The van der Waals surface area contributed by atoms with Crippen LogP contribution < -0.4 is 15.0 Å². The number of rotatable bonds is 9. The van der Waals surface area contributed by atoms with Gasteiger partial charge in [0, 0.05) is 29.6 Å². The molecule has 0 saturated carbocycles. The lowest BCUT2D eigenvalue weighted by molar-refractivity contribution is -0.274. The van der Waals surface area contributed by atoms with Crippen LogP contribution in [0.2, 0.25) is 0 Å². The van der Waals surface area contributed by atoms with Crippen molar-refractivity contribution in [3.05, 3.63) is 90.3 Å². The molecule has 1 saturated heterocycles. The third-order valence-electron chi connectivity index (χ3n) is 7.47. The molecular weight excluding hydrogens is 601 g/mol. The molecule has 236 valence electrons. The highest BCUT2D eigenvalue weighted by molar-refractivity contribution is 8.14. The zero-order chi connectivity index (χ0) is 32.0. The van der Waals surface area contributed by atoms with E-state index in [1.54, 1.807) is 11.8 Å². The number of aromatic nitrogens is 3. The van der Waals surface area contributed by atoms with Crippen LogP contribution in [0.4, 0.5) is 23.7 Å². The van der Waals surface area contributed by atoms with Gasteiger partial charge in [0.15, 0.2) is 11.0 Å². The minimum absolute atomic E-state index is 0.177. The number of hydrogen-bond acceptors (Lipinski definition) is 5. The van der Waals surface area contributed by atoms with Gasteiger partial charge in [-0.2, -0.15) is 4.99 Å². The highest BCUT2D eigenvalue weighted by atomic mass is 32.2. The largest absolute Gasteiger partial charge is 0.573 e. The minimum atomic E-state index is -4.74. The van der Waals surface area contributed by atoms with Crippen molar-refractivity contribution in [2.45, 2.75) is 52.4 Å². The monoisotopic (exact) mass is 636 g/mol. The molecule has 12 heteroatoms. The predicted octanol–water partition coefficient (Wildman–Crippen LogP) is 7.67. The number of anilines is 1. The Hall–Kier alpha value is -4.32. The number of amidine groups is 1. The molecule has 1 aliphatic heterocycles. The summed E-state index contributed by atoms with van der Waals surface area (Å²) in [4.78, 5) is 23.9. The van der Waals surface area contributed by atoms with E-state index in [-0.39, 0.29) is 23.7 Å². The Bertz CT molecular complexity index is 1620. The summed E-state index contributed by atoms with van der Waals surface area (Å²) in [7, 11) is 0. The van der Waals surface area contributed by atoms with E-state index in [4.69, 9.17) is 0 Å². The molecular formula is C33H35F3N6O2S. The molecule has 1 fully saturated rings. The van der Waals surface area contributed by atoms with Gasteiger partial charge in [0.25, 0.3) is 0 Å². The molecule has 2 heterocycles. The van der Waals surface area contributed by atoms with Crippen molar-refractivity contribution in [1.82, 2.24) is 20.1 Å². The van der Waals surface area contributed by atoms with Gasteiger partial charge in [0.2, 0.25) is 0 Å². The van der Waals surface area contributed by atoms with Crippen LogP contribution in [-0.4, -0.2) is 50.7 Å². The van der Waals surface area contributed by atoms with Crippen molar-refractivity contribution >= 4 is 28.6 Å². The number of benzene rings is 3. The number of urea groups is 1. The molecule has 45 heavy (non-hydrogen) atoms. The van der Waals surface area contributed by atoms with Gasteiger partial charge in [-0.25, -0.2) is 14.5 Å². The van der Waals surface area contributed by atoms with E-state index in [9.17, 15) is 18.0 Å². The van der Waals surface area contributed by atoms with Crippen LogP contribution in [0.1, 0.15) is 38.3 Å². The first-order valence-electron chi connectivity index (χ1n) is 14.8. The van der Waals surface area contributed by atoms with Gasteiger partial charge in [-0.05, 0) is 73.6 Å². The number of aryl methyl sites for hydroxylation is 1. The summed E-state index contributed by atoms with van der Waals surface area (Å²) in [5, 5.41) is 8.18. The Kier molecular flexibility index (Phi) is 10.1. The number of carbonyl (C=O) groups excluding carboxylic acids is 1. The molecule has 1 aliphatic rings. The summed E-state index contributed by atoms with van der Waals surface area (Å²) < 4.78 is 42.7. The van der Waals surface area contributed by atoms with Crippen molar-refractivity contribution in [3.8, 4) is 22.8 Å². The zero-order valence-electron chi connectivity index (χ0n) is 25.3. The van der Waals surface area contributed by atoms with Crippen LogP contribution in [-0.2, 0) is 12.8 Å². The first kappa shape index (κ1) is 32.1. The van der Waals surface area contributed by atoms with Gasteiger partial charge in [-0.15, -0.1) is 18.3 Å². The Morgan fingerprint density at radius 2 is 1.84 bits per heavy atom. The minimum Gasteiger partial charge on any atom is -0.406 e. The van der Waals surface area contributed by atoms with Crippen LogP contribution in [0, 0.1) is 5.92 Å². The summed E-state index contributed by atoms with van der Waals surface area (Å²) in [5.41, 5.74) is 4.80. The predicted molar refractivity (Wildman–Crippen MR) is 172 cm³/mol. The number of nitrogens with one attached hydrogen (secondary N) is 1. The molecule has 1 N–H and O–H groups in total. The molecule has 4 aromatic rings. The fraction of sp³-hybridized carbons (Fsp3) is 0.333. The van der Waals surface area contributed by atoms with E-state index in [0.29, 0.717) is 18.1 Å². The second kappa shape index (κ2) is 14.2. The topological polar surface area (TPSA) is 84.6 Å². The van der Waals surface area contributed by atoms with Crippen molar-refractivity contribution in [1.29, 1.82) is 0 Å². The van der Waals surface area contributed by atoms with Gasteiger partial charge < -0.3 is 15.0 Å². The van der Waals surface area contributed by atoms with Crippen molar-refractivity contribution in [2.75, 3.05) is 17.2 Å². The second-order valence-electron chi connectivity index (χ2n) is 11.0. The first-order chi connectivity index (χ1) is 21.6. The number of alkyl halides is 3. The number of hydrogen-bond donors (Lipinski definition) is 1. The molecule has 2 unspecified atom stereocenters. The Balaban J connectivity index is 1.15. The SMILES string of the molecule is CCc1ccccc1N1C(=NC(=O)NCC(C)Cc2ccc(-c3ncn(-c4ccc(OC(F)(F)F)cc4)n3)cc2)SCCC1C. The van der Waals surface area contributed by atoms with Gasteiger partial charge in [-0.1, -0.05) is 68.1 Å². The molecule has 2 amide bonds. The average molecular weight is 637 g/mol. The van der Waals surface area contributed by atoms with Crippen LogP contribution in [0.5, 0.6) is 5.75 Å². The van der Waals surface area contributed by atoms with E-state index in [2.05, 4.69) is 62.9 Å². The lowest BCUT2D eigenvalue weighted by Gasteiger charge is -2.36. The van der Waals surface area contributed by atoms with Gasteiger partial charge in [-0.3, -0.25) is 0 Å². The number of aliphatic imine (C=N–C) groups is 1. The summed E-state index contributed by atoms with van der Waals surface area (Å²) in [5.74, 6) is 1.29. The molecule has 1 aromatic heterocycles. The number of para-hydroxylation sites is 1. The normalized spacial score (nSPS) is 16.9. The lowest BCUT2D eigenvalue weighted by Crippen LogP contribution is -2.42. The van der Waals surface area contributed by atoms with Crippen molar-refractivity contribution in [3.63, 3.8) is 0 Å². The number of halogens is 3. The third kappa shape index (κ3) is 8.44. The summed E-state index contributed by atoms with van der Waals surface area (Å²) in [6.07, 6.45) is -0.553. The van der Waals surface area contributed by atoms with Crippen LogP contribution in [0.25, 0.3) is 17.1 Å². The molecule has 8 nitrogen and oxygen atoms in total. The highest BCUT2D eigenvalue weighted by Gasteiger charge is 2.31. The van der Waals surface area contributed by atoms with E-state index in [1.165, 1.54) is 40.8 Å². The fourth-order valence-electron chi connectivity index (χ4n) is 5.15. The number of thioether (sulfide) groups is 1. The van der Waals surface area contributed by atoms with E-state index in [1.807, 2.05) is 36.4 Å². The molecule has 2 atom stereocenters. The van der Waals surface area contributed by atoms with Gasteiger partial charge >= 0.3 is 12.4 Å². The van der Waals surface area contributed by atoms with Crippen LogP contribution in [0.3, 0.4) is 0 Å². The summed E-state index contributed by atoms with van der Waals surface area (Å²) >= 11 is 1.62. The third-order valence-corrected chi connectivity index (χ3v) is 8.45. The maximum Gasteiger partial charge on any atom is 0.573 e. The fourth-order valence-corrected chi connectivity index (χ4v) is 6.36. The molecule has 3 aromatic carbocycles. The highest BCUT2D eigenvalue weighted by Crippen LogP contribution is 2.32. The van der Waals surface area contributed by atoms with E-state index >= 15 is 0 Å². The molecule has 5 rings (SSSR count). The average Bonchev–Trinajstić information content (AvgIpc) is 3.51. The molecule has 0 bridgehead atoms. The number of ether oxygens (including phenoxy) is 1. The molecule has 0 radical (unpaired) electrons. The van der Waals surface area contributed by atoms with Crippen LogP contribution >= 0.6 is 11.8 Å². The number of amides is 2. The maximum absolute atomic E-state index is 12.9. The Morgan fingerprint density at radius 3 is 2.56 bits per heavy atom. The Labute approximate surface area is 264 Å². The Morgan fingerprint density at radius 1 is 1.11 bits per heavy atom. The number of nitrogens with zero attached hydrogens (tertiary/aromatic N) is 5. The van der Waals surface area contributed by atoms with Crippen LogP contribution in [0.15, 0.2) is 84.1 Å². The maximum atomic E-state index is 12.9. The van der Waals surface area contributed by atoms with Gasteiger partial charge in [0.1, 0.15) is 12.1 Å². The molecule has 0 aliphatic carbocycles.